The second-order valence-electron chi connectivity index (χ2n) is 3.73. The Kier molecular flexibility index (Phi) is 5.24. The Bertz CT molecular complexity index is 441. The Balaban J connectivity index is 2.96. The SMILES string of the molecule is CCN(/C=C/c1ccc(OC)cc1OC)C(C)=O. The highest BCUT2D eigenvalue weighted by Crippen LogP contribution is 2.25. The van der Waals surface area contributed by atoms with Crippen LogP contribution in [-0.2, 0) is 4.79 Å². The molecule has 0 fully saturated rings. The molecule has 0 aromatic heterocycles. The van der Waals surface area contributed by atoms with E-state index in [4.69, 9.17) is 9.47 Å². The van der Waals surface area contributed by atoms with Crippen molar-refractivity contribution in [1.29, 1.82) is 0 Å². The molecular formula is C14H19NO3. The Labute approximate surface area is 108 Å². The summed E-state index contributed by atoms with van der Waals surface area (Å²) >= 11 is 0. The van der Waals surface area contributed by atoms with Gasteiger partial charge in [0.1, 0.15) is 11.5 Å². The fourth-order valence-corrected chi connectivity index (χ4v) is 1.56. The van der Waals surface area contributed by atoms with E-state index in [-0.39, 0.29) is 5.91 Å². The summed E-state index contributed by atoms with van der Waals surface area (Å²) in [5.74, 6) is 1.47. The third kappa shape index (κ3) is 3.52. The average molecular weight is 249 g/mol. The van der Waals surface area contributed by atoms with Crippen LogP contribution in [0.25, 0.3) is 6.08 Å². The van der Waals surface area contributed by atoms with Gasteiger partial charge >= 0.3 is 0 Å². The molecule has 4 nitrogen and oxygen atoms in total. The first kappa shape index (κ1) is 14.1. The van der Waals surface area contributed by atoms with Gasteiger partial charge in [-0.15, -0.1) is 0 Å². The maximum atomic E-state index is 11.3. The predicted octanol–water partition coefficient (Wildman–Crippen LogP) is 2.54. The van der Waals surface area contributed by atoms with Crippen LogP contribution in [0.15, 0.2) is 24.4 Å². The van der Waals surface area contributed by atoms with E-state index in [1.165, 1.54) is 0 Å². The van der Waals surface area contributed by atoms with Crippen molar-refractivity contribution in [2.75, 3.05) is 20.8 Å². The number of rotatable bonds is 5. The summed E-state index contributed by atoms with van der Waals surface area (Å²) < 4.78 is 10.4. The molecule has 0 bridgehead atoms. The van der Waals surface area contributed by atoms with Crippen molar-refractivity contribution in [1.82, 2.24) is 4.90 Å². The van der Waals surface area contributed by atoms with E-state index in [1.54, 1.807) is 32.2 Å². The highest BCUT2D eigenvalue weighted by atomic mass is 16.5. The lowest BCUT2D eigenvalue weighted by molar-refractivity contribution is -0.126. The maximum absolute atomic E-state index is 11.3. The standard InChI is InChI=1S/C14H19NO3/c1-5-15(11(2)16)9-8-12-6-7-13(17-3)10-14(12)18-4/h6-10H,5H2,1-4H3/b9-8+. The van der Waals surface area contributed by atoms with Crippen molar-refractivity contribution in [3.63, 3.8) is 0 Å². The van der Waals surface area contributed by atoms with E-state index in [9.17, 15) is 4.79 Å². The Morgan fingerprint density at radius 1 is 1.33 bits per heavy atom. The zero-order valence-electron chi connectivity index (χ0n) is 11.3. The Morgan fingerprint density at radius 2 is 2.06 bits per heavy atom. The quantitative estimate of drug-likeness (QED) is 0.805. The number of ether oxygens (including phenoxy) is 2. The lowest BCUT2D eigenvalue weighted by atomic mass is 10.2. The van der Waals surface area contributed by atoms with Crippen LogP contribution in [0.1, 0.15) is 19.4 Å². The van der Waals surface area contributed by atoms with Gasteiger partial charge in [-0.25, -0.2) is 0 Å². The molecule has 0 N–H and O–H groups in total. The number of carbonyl (C=O) groups is 1. The fraction of sp³-hybridized carbons (Fsp3) is 0.357. The molecule has 18 heavy (non-hydrogen) atoms. The second-order valence-corrected chi connectivity index (χ2v) is 3.73. The summed E-state index contributed by atoms with van der Waals surface area (Å²) in [5.41, 5.74) is 0.901. The normalized spacial score (nSPS) is 10.4. The van der Waals surface area contributed by atoms with Gasteiger partial charge in [0.05, 0.1) is 14.2 Å². The number of hydrogen-bond acceptors (Lipinski definition) is 3. The molecule has 4 heteroatoms. The van der Waals surface area contributed by atoms with Gasteiger partial charge < -0.3 is 14.4 Å². The molecule has 0 aliphatic rings. The monoisotopic (exact) mass is 249 g/mol. The molecular weight excluding hydrogens is 230 g/mol. The molecule has 0 saturated heterocycles. The Morgan fingerprint density at radius 3 is 2.56 bits per heavy atom. The van der Waals surface area contributed by atoms with Crippen molar-refractivity contribution in [2.45, 2.75) is 13.8 Å². The molecule has 1 aromatic carbocycles. The maximum Gasteiger partial charge on any atom is 0.223 e. The molecule has 0 unspecified atom stereocenters. The molecule has 0 aliphatic heterocycles. The minimum absolute atomic E-state index is 0.0150. The van der Waals surface area contributed by atoms with Gasteiger partial charge in [-0.3, -0.25) is 4.79 Å². The van der Waals surface area contributed by atoms with Crippen molar-refractivity contribution in [3.05, 3.63) is 30.0 Å². The highest BCUT2D eigenvalue weighted by Gasteiger charge is 2.04. The smallest absolute Gasteiger partial charge is 0.223 e. The van der Waals surface area contributed by atoms with E-state index in [0.29, 0.717) is 12.3 Å². The summed E-state index contributed by atoms with van der Waals surface area (Å²) in [5, 5.41) is 0. The number of benzene rings is 1. The first-order valence-corrected chi connectivity index (χ1v) is 5.79. The van der Waals surface area contributed by atoms with Crippen molar-refractivity contribution in [2.24, 2.45) is 0 Å². The summed E-state index contributed by atoms with van der Waals surface area (Å²) in [7, 11) is 3.22. The summed E-state index contributed by atoms with van der Waals surface area (Å²) in [4.78, 5) is 12.9. The van der Waals surface area contributed by atoms with E-state index in [0.717, 1.165) is 11.3 Å². The molecule has 98 valence electrons. The van der Waals surface area contributed by atoms with Crippen molar-refractivity contribution >= 4 is 12.0 Å². The van der Waals surface area contributed by atoms with Crippen LogP contribution in [0.5, 0.6) is 11.5 Å². The number of methoxy groups -OCH3 is 2. The van der Waals surface area contributed by atoms with Crippen molar-refractivity contribution in [3.8, 4) is 11.5 Å². The number of amides is 1. The lowest BCUT2D eigenvalue weighted by Gasteiger charge is -2.13. The zero-order chi connectivity index (χ0) is 13.5. The van der Waals surface area contributed by atoms with Crippen LogP contribution >= 0.6 is 0 Å². The third-order valence-corrected chi connectivity index (χ3v) is 2.62. The predicted molar refractivity (Wildman–Crippen MR) is 71.6 cm³/mol. The van der Waals surface area contributed by atoms with Crippen LogP contribution in [-0.4, -0.2) is 31.6 Å². The Hall–Kier alpha value is -1.97. The van der Waals surface area contributed by atoms with Gasteiger partial charge in [0.15, 0.2) is 0 Å². The van der Waals surface area contributed by atoms with Gasteiger partial charge in [0.2, 0.25) is 5.91 Å². The zero-order valence-corrected chi connectivity index (χ0v) is 11.3. The van der Waals surface area contributed by atoms with Gasteiger partial charge in [0.25, 0.3) is 0 Å². The molecule has 1 rings (SSSR count). The minimum atomic E-state index is 0.0150. The summed E-state index contributed by atoms with van der Waals surface area (Å²) in [6, 6.07) is 5.55. The topological polar surface area (TPSA) is 38.8 Å². The summed E-state index contributed by atoms with van der Waals surface area (Å²) in [6.07, 6.45) is 3.61. The minimum Gasteiger partial charge on any atom is -0.497 e. The average Bonchev–Trinajstić information content (AvgIpc) is 2.39. The largest absolute Gasteiger partial charge is 0.497 e. The molecule has 0 atom stereocenters. The van der Waals surface area contributed by atoms with Crippen LogP contribution in [0.2, 0.25) is 0 Å². The number of hydrogen-bond donors (Lipinski definition) is 0. The highest BCUT2D eigenvalue weighted by molar-refractivity contribution is 5.75. The molecule has 0 heterocycles. The molecule has 1 amide bonds. The van der Waals surface area contributed by atoms with Gasteiger partial charge in [-0.1, -0.05) is 0 Å². The summed E-state index contributed by atoms with van der Waals surface area (Å²) in [6.45, 7) is 4.11. The van der Waals surface area contributed by atoms with Crippen LogP contribution in [0, 0.1) is 0 Å². The van der Waals surface area contributed by atoms with Gasteiger partial charge in [0, 0.05) is 31.3 Å². The van der Waals surface area contributed by atoms with Gasteiger partial charge in [-0.05, 0) is 25.1 Å². The fourth-order valence-electron chi connectivity index (χ4n) is 1.56. The molecule has 0 aliphatic carbocycles. The number of nitrogens with zero attached hydrogens (tertiary/aromatic N) is 1. The van der Waals surface area contributed by atoms with E-state index >= 15 is 0 Å². The molecule has 0 spiro atoms. The molecule has 0 radical (unpaired) electrons. The van der Waals surface area contributed by atoms with Crippen LogP contribution in [0.4, 0.5) is 0 Å². The lowest BCUT2D eigenvalue weighted by Crippen LogP contribution is -2.21. The van der Waals surface area contributed by atoms with Gasteiger partial charge in [-0.2, -0.15) is 0 Å². The molecule has 1 aromatic rings. The van der Waals surface area contributed by atoms with Crippen molar-refractivity contribution < 1.29 is 14.3 Å². The second kappa shape index (κ2) is 6.69. The first-order chi connectivity index (χ1) is 8.62. The van der Waals surface area contributed by atoms with E-state index in [2.05, 4.69) is 0 Å². The van der Waals surface area contributed by atoms with E-state index < -0.39 is 0 Å². The first-order valence-electron chi connectivity index (χ1n) is 5.79. The van der Waals surface area contributed by atoms with Crippen LogP contribution in [0.3, 0.4) is 0 Å². The molecule has 0 saturated carbocycles. The van der Waals surface area contributed by atoms with Crippen LogP contribution < -0.4 is 9.47 Å². The number of carbonyl (C=O) groups excluding carboxylic acids is 1. The third-order valence-electron chi connectivity index (χ3n) is 2.62. The van der Waals surface area contributed by atoms with E-state index in [1.807, 2.05) is 31.2 Å².